The fourth-order valence-corrected chi connectivity index (χ4v) is 3.26. The van der Waals surface area contributed by atoms with Gasteiger partial charge in [-0.05, 0) is 38.9 Å². The molecule has 1 saturated heterocycles. The van der Waals surface area contributed by atoms with E-state index in [9.17, 15) is 14.4 Å². The van der Waals surface area contributed by atoms with Crippen LogP contribution in [0.2, 0.25) is 0 Å². The lowest BCUT2D eigenvalue weighted by atomic mass is 10.1. The summed E-state index contributed by atoms with van der Waals surface area (Å²) in [7, 11) is 0. The number of amides is 1. The Kier molecular flexibility index (Phi) is 6.18. The molecular formula is C19H24N4O4. The molecule has 1 aliphatic heterocycles. The Morgan fingerprint density at radius 2 is 1.85 bits per heavy atom. The minimum Gasteiger partial charge on any atom is -0.459 e. The molecule has 8 nitrogen and oxygen atoms in total. The van der Waals surface area contributed by atoms with Gasteiger partial charge in [-0.2, -0.15) is 5.10 Å². The Bertz CT molecular complexity index is 887. The highest BCUT2D eigenvalue weighted by atomic mass is 16.5. The van der Waals surface area contributed by atoms with Gasteiger partial charge in [0.2, 0.25) is 0 Å². The lowest BCUT2D eigenvalue weighted by Gasteiger charge is -2.16. The fraction of sp³-hybridized carbons (Fsp3) is 0.474. The molecule has 1 aromatic carbocycles. The zero-order valence-corrected chi connectivity index (χ0v) is 15.4. The number of nitrogens with zero attached hydrogens (tertiary/aromatic N) is 3. The number of likely N-dealkylation sites (tertiary alicyclic amines) is 1. The van der Waals surface area contributed by atoms with Crippen molar-refractivity contribution in [2.45, 2.75) is 32.9 Å². The number of carbonyl (C=O) groups is 2. The maximum atomic E-state index is 12.7. The fourth-order valence-electron chi connectivity index (χ4n) is 3.26. The maximum absolute atomic E-state index is 12.7. The van der Waals surface area contributed by atoms with Crippen LogP contribution in [0.4, 0.5) is 0 Å². The van der Waals surface area contributed by atoms with Gasteiger partial charge in [0.15, 0.2) is 0 Å². The number of esters is 1. The molecule has 2 aromatic rings. The van der Waals surface area contributed by atoms with Crippen LogP contribution in [0.15, 0.2) is 29.1 Å². The van der Waals surface area contributed by atoms with Crippen molar-refractivity contribution in [1.82, 2.24) is 20.0 Å². The zero-order valence-electron chi connectivity index (χ0n) is 15.4. The second-order valence-electron chi connectivity index (χ2n) is 6.47. The Labute approximate surface area is 157 Å². The molecule has 8 heteroatoms. The number of ether oxygens (including phenoxy) is 1. The van der Waals surface area contributed by atoms with Gasteiger partial charge in [-0.25, -0.2) is 9.48 Å². The molecule has 3 rings (SSSR count). The van der Waals surface area contributed by atoms with E-state index in [4.69, 9.17) is 0 Å². The standard InChI is InChI=1S/C19H24N4O4/c1-2-27-19(26)17(24)20-13-16-14-7-3-4-8-15(14)18(25)23(21-16)12-11-22-9-5-6-10-22/h3-4,7-8H,2,5-6,9-13H2,1H3,(H,20,24). The average molecular weight is 372 g/mol. The van der Waals surface area contributed by atoms with Crippen LogP contribution in [0.1, 0.15) is 25.5 Å². The summed E-state index contributed by atoms with van der Waals surface area (Å²) in [5.41, 5.74) is 0.398. The number of benzene rings is 1. The molecule has 144 valence electrons. The number of hydrogen-bond acceptors (Lipinski definition) is 6. The Balaban J connectivity index is 1.82. The lowest BCUT2D eigenvalue weighted by molar-refractivity contribution is -0.154. The number of carbonyl (C=O) groups excluding carboxylic acids is 2. The number of nitrogens with one attached hydrogen (secondary N) is 1. The quantitative estimate of drug-likeness (QED) is 0.592. The van der Waals surface area contributed by atoms with Crippen molar-refractivity contribution >= 4 is 22.6 Å². The van der Waals surface area contributed by atoms with Crippen LogP contribution in [0.25, 0.3) is 10.8 Å². The smallest absolute Gasteiger partial charge is 0.396 e. The summed E-state index contributed by atoms with van der Waals surface area (Å²) in [6.45, 7) is 5.16. The monoisotopic (exact) mass is 372 g/mol. The van der Waals surface area contributed by atoms with Crippen molar-refractivity contribution in [2.24, 2.45) is 0 Å². The number of aromatic nitrogens is 2. The maximum Gasteiger partial charge on any atom is 0.396 e. The molecule has 0 aliphatic carbocycles. The minimum absolute atomic E-state index is 0.0438. The number of fused-ring (bicyclic) bond motifs is 1. The van der Waals surface area contributed by atoms with Crippen LogP contribution >= 0.6 is 0 Å². The number of rotatable bonds is 6. The Morgan fingerprint density at radius 1 is 1.15 bits per heavy atom. The van der Waals surface area contributed by atoms with Crippen LogP contribution in [-0.4, -0.2) is 52.8 Å². The van der Waals surface area contributed by atoms with E-state index >= 15 is 0 Å². The van der Waals surface area contributed by atoms with E-state index in [1.807, 2.05) is 6.07 Å². The van der Waals surface area contributed by atoms with Gasteiger partial charge in [0, 0.05) is 11.9 Å². The van der Waals surface area contributed by atoms with Gasteiger partial charge in [0.1, 0.15) is 0 Å². The molecule has 1 fully saturated rings. The van der Waals surface area contributed by atoms with Crippen LogP contribution in [0, 0.1) is 0 Å². The highest BCUT2D eigenvalue weighted by molar-refractivity contribution is 6.32. The molecule has 2 heterocycles. The van der Waals surface area contributed by atoms with E-state index in [-0.39, 0.29) is 18.7 Å². The molecule has 0 saturated carbocycles. The van der Waals surface area contributed by atoms with E-state index in [0.717, 1.165) is 19.6 Å². The van der Waals surface area contributed by atoms with Gasteiger partial charge in [0.05, 0.1) is 30.8 Å². The van der Waals surface area contributed by atoms with Gasteiger partial charge in [-0.1, -0.05) is 18.2 Å². The first-order valence-corrected chi connectivity index (χ1v) is 9.26. The van der Waals surface area contributed by atoms with Gasteiger partial charge < -0.3 is 15.0 Å². The normalized spacial score (nSPS) is 14.4. The van der Waals surface area contributed by atoms with E-state index in [2.05, 4.69) is 20.1 Å². The van der Waals surface area contributed by atoms with Crippen molar-refractivity contribution in [3.8, 4) is 0 Å². The summed E-state index contributed by atoms with van der Waals surface area (Å²) in [5.74, 6) is -1.75. The van der Waals surface area contributed by atoms with E-state index in [0.29, 0.717) is 23.0 Å². The largest absolute Gasteiger partial charge is 0.459 e. The Morgan fingerprint density at radius 3 is 2.56 bits per heavy atom. The molecule has 1 amide bonds. The van der Waals surface area contributed by atoms with Crippen molar-refractivity contribution < 1.29 is 14.3 Å². The van der Waals surface area contributed by atoms with Crippen molar-refractivity contribution in [3.05, 3.63) is 40.3 Å². The van der Waals surface area contributed by atoms with Crippen molar-refractivity contribution in [1.29, 1.82) is 0 Å². The van der Waals surface area contributed by atoms with Crippen LogP contribution in [-0.2, 0) is 27.4 Å². The van der Waals surface area contributed by atoms with E-state index in [1.165, 1.54) is 17.5 Å². The SMILES string of the molecule is CCOC(=O)C(=O)NCc1nn(CCN2CCCC2)c(=O)c2ccccc12. The molecule has 0 radical (unpaired) electrons. The average Bonchev–Trinajstić information content (AvgIpc) is 3.20. The second-order valence-corrected chi connectivity index (χ2v) is 6.47. The summed E-state index contributed by atoms with van der Waals surface area (Å²) in [6.07, 6.45) is 2.37. The zero-order chi connectivity index (χ0) is 19.2. The summed E-state index contributed by atoms with van der Waals surface area (Å²) >= 11 is 0. The molecule has 1 aliphatic rings. The predicted octanol–water partition coefficient (Wildman–Crippen LogP) is 0.672. The third-order valence-electron chi connectivity index (χ3n) is 4.65. The highest BCUT2D eigenvalue weighted by Crippen LogP contribution is 2.13. The van der Waals surface area contributed by atoms with Crippen molar-refractivity contribution in [3.63, 3.8) is 0 Å². The second kappa shape index (κ2) is 8.77. The van der Waals surface area contributed by atoms with Gasteiger partial charge in [0.25, 0.3) is 5.56 Å². The van der Waals surface area contributed by atoms with E-state index < -0.39 is 11.9 Å². The summed E-state index contributed by atoms with van der Waals surface area (Å²) < 4.78 is 6.14. The van der Waals surface area contributed by atoms with Crippen molar-refractivity contribution in [2.75, 3.05) is 26.2 Å². The third-order valence-corrected chi connectivity index (χ3v) is 4.65. The highest BCUT2D eigenvalue weighted by Gasteiger charge is 2.17. The van der Waals surface area contributed by atoms with Crippen LogP contribution < -0.4 is 10.9 Å². The summed E-state index contributed by atoms with van der Waals surface area (Å²) in [6, 6.07) is 7.16. The molecule has 0 unspecified atom stereocenters. The first kappa shape index (κ1) is 19.0. The van der Waals surface area contributed by atoms with Gasteiger partial charge in [-0.15, -0.1) is 0 Å². The molecule has 0 bridgehead atoms. The molecule has 1 aromatic heterocycles. The molecule has 0 atom stereocenters. The summed E-state index contributed by atoms with van der Waals surface area (Å²) in [5, 5.41) is 8.19. The Hall–Kier alpha value is -2.74. The minimum atomic E-state index is -0.927. The topological polar surface area (TPSA) is 93.5 Å². The first-order chi connectivity index (χ1) is 13.1. The predicted molar refractivity (Wildman–Crippen MR) is 100 cm³/mol. The third kappa shape index (κ3) is 4.51. The van der Waals surface area contributed by atoms with Gasteiger partial charge in [-0.3, -0.25) is 9.59 Å². The van der Waals surface area contributed by atoms with E-state index in [1.54, 1.807) is 25.1 Å². The first-order valence-electron chi connectivity index (χ1n) is 9.26. The summed E-state index contributed by atoms with van der Waals surface area (Å²) in [4.78, 5) is 38.3. The van der Waals surface area contributed by atoms with Crippen LogP contribution in [0.3, 0.4) is 0 Å². The lowest BCUT2D eigenvalue weighted by Crippen LogP contribution is -2.35. The number of hydrogen-bond donors (Lipinski definition) is 1. The molecular weight excluding hydrogens is 348 g/mol. The van der Waals surface area contributed by atoms with Crippen LogP contribution in [0.5, 0.6) is 0 Å². The molecule has 1 N–H and O–H groups in total. The molecule has 27 heavy (non-hydrogen) atoms. The van der Waals surface area contributed by atoms with Gasteiger partial charge >= 0.3 is 11.9 Å². The molecule has 0 spiro atoms.